The first kappa shape index (κ1) is 15.3. The fraction of sp³-hybridized carbons (Fsp3) is 0.533. The van der Waals surface area contributed by atoms with Gasteiger partial charge in [0.05, 0.1) is 6.67 Å². The van der Waals surface area contributed by atoms with Crippen molar-refractivity contribution >= 4 is 11.8 Å². The highest BCUT2D eigenvalue weighted by molar-refractivity contribution is 5.68. The fourth-order valence-corrected chi connectivity index (χ4v) is 1.57. The molecule has 4 heteroatoms. The average molecular weight is 264 g/mol. The van der Waals surface area contributed by atoms with Crippen molar-refractivity contribution in [2.45, 2.75) is 39.7 Å². The number of nitrogens with one attached hydrogen (secondary N) is 1. The van der Waals surface area contributed by atoms with E-state index < -0.39 is 5.60 Å². The van der Waals surface area contributed by atoms with Gasteiger partial charge in [0.25, 0.3) is 0 Å². The molecule has 0 atom stereocenters. The molecule has 1 N–H and O–H groups in total. The molecule has 0 saturated heterocycles. The summed E-state index contributed by atoms with van der Waals surface area (Å²) < 4.78 is 5.39. The van der Waals surface area contributed by atoms with Gasteiger partial charge in [-0.15, -0.1) is 0 Å². The van der Waals surface area contributed by atoms with E-state index in [4.69, 9.17) is 4.74 Å². The molecule has 1 rings (SSSR count). The van der Waals surface area contributed by atoms with Crippen LogP contribution in [0.3, 0.4) is 0 Å². The smallest absolute Gasteiger partial charge is 0.411 e. The third kappa shape index (κ3) is 6.13. The lowest BCUT2D eigenvalue weighted by atomic mass is 10.2. The molecule has 0 aromatic heterocycles. The van der Waals surface area contributed by atoms with E-state index in [0.717, 1.165) is 12.1 Å². The number of para-hydroxylation sites is 1. The van der Waals surface area contributed by atoms with Crippen LogP contribution in [0.5, 0.6) is 0 Å². The molecular weight excluding hydrogens is 240 g/mol. The van der Waals surface area contributed by atoms with E-state index in [1.54, 1.807) is 4.90 Å². The Kier molecular flexibility index (Phi) is 5.67. The number of carbonyl (C=O) groups is 1. The van der Waals surface area contributed by atoms with Gasteiger partial charge in [-0.1, -0.05) is 25.1 Å². The Morgan fingerprint density at radius 1 is 1.26 bits per heavy atom. The van der Waals surface area contributed by atoms with E-state index in [1.807, 2.05) is 58.0 Å². The predicted octanol–water partition coefficient (Wildman–Crippen LogP) is 3.70. The fourth-order valence-electron chi connectivity index (χ4n) is 1.57. The minimum atomic E-state index is -0.462. The number of anilines is 1. The van der Waals surface area contributed by atoms with Gasteiger partial charge in [-0.05, 0) is 39.3 Å². The summed E-state index contributed by atoms with van der Waals surface area (Å²) in [5, 5.41) is 3.22. The maximum Gasteiger partial charge on any atom is 0.411 e. The van der Waals surface area contributed by atoms with Crippen molar-refractivity contribution in [3.63, 3.8) is 0 Å². The van der Waals surface area contributed by atoms with Crippen molar-refractivity contribution in [3.05, 3.63) is 30.3 Å². The summed E-state index contributed by atoms with van der Waals surface area (Å²) >= 11 is 0. The van der Waals surface area contributed by atoms with Crippen molar-refractivity contribution in [2.24, 2.45) is 0 Å². The van der Waals surface area contributed by atoms with Crippen LogP contribution in [0, 0.1) is 0 Å². The van der Waals surface area contributed by atoms with Gasteiger partial charge in [0.15, 0.2) is 0 Å². The summed E-state index contributed by atoms with van der Waals surface area (Å²) in [6.45, 7) is 8.79. The number of hydrogen-bond acceptors (Lipinski definition) is 3. The van der Waals surface area contributed by atoms with Crippen molar-refractivity contribution < 1.29 is 9.53 Å². The first-order valence-electron chi connectivity index (χ1n) is 6.69. The first-order chi connectivity index (χ1) is 8.92. The minimum Gasteiger partial charge on any atom is -0.444 e. The number of carbonyl (C=O) groups excluding carboxylic acids is 1. The van der Waals surface area contributed by atoms with Gasteiger partial charge < -0.3 is 10.1 Å². The molecule has 1 aromatic rings. The molecule has 0 aliphatic heterocycles. The summed E-state index contributed by atoms with van der Waals surface area (Å²) in [7, 11) is 0. The Hall–Kier alpha value is -1.71. The molecule has 0 aliphatic rings. The average Bonchev–Trinajstić information content (AvgIpc) is 2.33. The summed E-state index contributed by atoms with van der Waals surface area (Å²) in [5.74, 6) is 0. The van der Waals surface area contributed by atoms with Crippen molar-refractivity contribution in [2.75, 3.05) is 18.5 Å². The van der Waals surface area contributed by atoms with Crippen LogP contribution in [-0.4, -0.2) is 29.8 Å². The van der Waals surface area contributed by atoms with Crippen molar-refractivity contribution in [1.82, 2.24) is 4.90 Å². The lowest BCUT2D eigenvalue weighted by Gasteiger charge is -2.27. The SMILES string of the molecule is CCCN(CNc1ccccc1)C(=O)OC(C)(C)C. The molecule has 0 bridgehead atoms. The predicted molar refractivity (Wildman–Crippen MR) is 78.2 cm³/mol. The van der Waals surface area contributed by atoms with Crippen LogP contribution in [0.2, 0.25) is 0 Å². The van der Waals surface area contributed by atoms with Gasteiger partial charge in [-0.3, -0.25) is 4.90 Å². The van der Waals surface area contributed by atoms with Gasteiger partial charge in [0.2, 0.25) is 0 Å². The van der Waals surface area contributed by atoms with E-state index in [-0.39, 0.29) is 6.09 Å². The van der Waals surface area contributed by atoms with Crippen LogP contribution in [0.25, 0.3) is 0 Å². The van der Waals surface area contributed by atoms with Gasteiger partial charge in [-0.25, -0.2) is 4.79 Å². The number of hydrogen-bond donors (Lipinski definition) is 1. The maximum atomic E-state index is 12.0. The lowest BCUT2D eigenvalue weighted by Crippen LogP contribution is -2.40. The summed E-state index contributed by atoms with van der Waals surface area (Å²) in [6.07, 6.45) is 0.619. The molecule has 4 nitrogen and oxygen atoms in total. The molecule has 0 aliphatic carbocycles. The number of amides is 1. The third-order valence-electron chi connectivity index (χ3n) is 2.39. The van der Waals surface area contributed by atoms with E-state index >= 15 is 0 Å². The molecule has 1 amide bonds. The number of ether oxygens (including phenoxy) is 1. The first-order valence-corrected chi connectivity index (χ1v) is 6.69. The highest BCUT2D eigenvalue weighted by atomic mass is 16.6. The van der Waals surface area contributed by atoms with E-state index in [9.17, 15) is 4.79 Å². The number of benzene rings is 1. The quantitative estimate of drug-likeness (QED) is 0.824. The van der Waals surface area contributed by atoms with Crippen LogP contribution < -0.4 is 5.32 Å². The van der Waals surface area contributed by atoms with Crippen LogP contribution in [0.15, 0.2) is 30.3 Å². The second-order valence-corrected chi connectivity index (χ2v) is 5.44. The molecular formula is C15H24N2O2. The topological polar surface area (TPSA) is 41.6 Å². The van der Waals surface area contributed by atoms with Gasteiger partial charge in [-0.2, -0.15) is 0 Å². The molecule has 0 saturated carbocycles. The summed E-state index contributed by atoms with van der Waals surface area (Å²) in [4.78, 5) is 13.7. The summed E-state index contributed by atoms with van der Waals surface area (Å²) in [6, 6.07) is 9.82. The number of rotatable bonds is 5. The largest absolute Gasteiger partial charge is 0.444 e. The van der Waals surface area contributed by atoms with Crippen LogP contribution in [0.4, 0.5) is 10.5 Å². The van der Waals surface area contributed by atoms with Gasteiger partial charge in [0, 0.05) is 12.2 Å². The zero-order chi connectivity index (χ0) is 14.3. The second-order valence-electron chi connectivity index (χ2n) is 5.44. The molecule has 0 unspecified atom stereocenters. The molecule has 0 heterocycles. The Bertz CT molecular complexity index is 385. The van der Waals surface area contributed by atoms with Crippen molar-refractivity contribution in [3.8, 4) is 0 Å². The van der Waals surface area contributed by atoms with E-state index in [0.29, 0.717) is 13.2 Å². The normalized spacial score (nSPS) is 10.9. The molecule has 19 heavy (non-hydrogen) atoms. The Morgan fingerprint density at radius 3 is 2.42 bits per heavy atom. The molecule has 0 fully saturated rings. The zero-order valence-corrected chi connectivity index (χ0v) is 12.3. The molecule has 0 radical (unpaired) electrons. The van der Waals surface area contributed by atoms with Crippen LogP contribution in [0.1, 0.15) is 34.1 Å². The van der Waals surface area contributed by atoms with Gasteiger partial charge in [0.1, 0.15) is 5.60 Å². The number of nitrogens with zero attached hydrogens (tertiary/aromatic N) is 1. The maximum absolute atomic E-state index is 12.0. The molecule has 0 spiro atoms. The highest BCUT2D eigenvalue weighted by Gasteiger charge is 2.21. The monoisotopic (exact) mass is 264 g/mol. The van der Waals surface area contributed by atoms with E-state index in [2.05, 4.69) is 5.32 Å². The minimum absolute atomic E-state index is 0.280. The molecule has 1 aromatic carbocycles. The Morgan fingerprint density at radius 2 is 1.89 bits per heavy atom. The van der Waals surface area contributed by atoms with Gasteiger partial charge >= 0.3 is 6.09 Å². The molecule has 106 valence electrons. The van der Waals surface area contributed by atoms with E-state index in [1.165, 1.54) is 0 Å². The third-order valence-corrected chi connectivity index (χ3v) is 2.39. The Balaban J connectivity index is 2.55. The van der Waals surface area contributed by atoms with Crippen LogP contribution >= 0.6 is 0 Å². The summed E-state index contributed by atoms with van der Waals surface area (Å²) in [5.41, 5.74) is 0.530. The standard InChI is InChI=1S/C15H24N2O2/c1-5-11-17(14(18)19-15(2,3)4)12-16-13-9-7-6-8-10-13/h6-10,16H,5,11-12H2,1-4H3. The lowest BCUT2D eigenvalue weighted by molar-refractivity contribution is 0.0264. The van der Waals surface area contributed by atoms with Crippen molar-refractivity contribution in [1.29, 1.82) is 0 Å². The highest BCUT2D eigenvalue weighted by Crippen LogP contribution is 2.11. The Labute approximate surface area is 115 Å². The second kappa shape index (κ2) is 7.02. The van der Waals surface area contributed by atoms with Crippen LogP contribution in [-0.2, 0) is 4.74 Å². The zero-order valence-electron chi connectivity index (χ0n) is 12.3.